The van der Waals surface area contributed by atoms with Gasteiger partial charge in [0.05, 0.1) is 13.2 Å². The molecule has 1 atom stereocenters. The molecule has 0 aromatic heterocycles. The number of nitrogens with zero attached hydrogens (tertiary/aromatic N) is 1. The lowest BCUT2D eigenvalue weighted by molar-refractivity contribution is 0.630. The summed E-state index contributed by atoms with van der Waals surface area (Å²) in [5, 5.41) is 4.50. The highest BCUT2D eigenvalue weighted by molar-refractivity contribution is 7.85. The van der Waals surface area contributed by atoms with E-state index >= 15 is 0 Å². The minimum absolute atomic E-state index is 0.648. The SMILES string of the molecule is [C-]#[N+]c1cccc(-c2ccc(-c3ccc(-c4cccc5c4[P+](C)(O)c4ccccc4-5)c4ccccc34)cc2)c1. The van der Waals surface area contributed by atoms with Crippen molar-refractivity contribution in [3.63, 3.8) is 0 Å². The monoisotopic (exact) mass is 518 g/mol. The molecule has 2 nitrogen and oxygen atoms in total. The fraction of sp³-hybridized carbons (Fsp3) is 0.0278. The van der Waals surface area contributed by atoms with Gasteiger partial charge in [-0.05, 0) is 50.7 Å². The Hall–Kier alpha value is -4.54. The molecule has 0 bridgehead atoms. The van der Waals surface area contributed by atoms with Crippen LogP contribution in [0.15, 0.2) is 127 Å². The molecule has 0 saturated carbocycles. The predicted molar refractivity (Wildman–Crippen MR) is 166 cm³/mol. The van der Waals surface area contributed by atoms with E-state index in [9.17, 15) is 4.89 Å². The van der Waals surface area contributed by atoms with Crippen molar-refractivity contribution in [2.24, 2.45) is 0 Å². The second kappa shape index (κ2) is 9.04. The van der Waals surface area contributed by atoms with Crippen LogP contribution in [0.4, 0.5) is 5.69 Å². The van der Waals surface area contributed by atoms with Gasteiger partial charge in [0, 0.05) is 16.7 Å². The zero-order valence-corrected chi connectivity index (χ0v) is 22.4. The maximum absolute atomic E-state index is 11.9. The van der Waals surface area contributed by atoms with Crippen LogP contribution in [0, 0.1) is 6.57 Å². The molecule has 0 radical (unpaired) electrons. The third-order valence-electron chi connectivity index (χ3n) is 7.85. The molecule has 39 heavy (non-hydrogen) atoms. The van der Waals surface area contributed by atoms with E-state index in [4.69, 9.17) is 6.57 Å². The zero-order chi connectivity index (χ0) is 26.6. The normalized spacial score (nSPS) is 15.5. The second-order valence-electron chi connectivity index (χ2n) is 10.1. The molecule has 6 aromatic rings. The first-order valence-electron chi connectivity index (χ1n) is 13.0. The molecule has 1 N–H and O–H groups in total. The number of hydrogen-bond donors (Lipinski definition) is 1. The van der Waals surface area contributed by atoms with Crippen LogP contribution in [0.3, 0.4) is 0 Å². The van der Waals surface area contributed by atoms with Crippen molar-refractivity contribution in [2.45, 2.75) is 0 Å². The minimum atomic E-state index is -2.48. The maximum atomic E-state index is 11.9. The fourth-order valence-electron chi connectivity index (χ4n) is 6.03. The largest absolute Gasteiger partial charge is 0.241 e. The molecule has 0 spiro atoms. The molecule has 184 valence electrons. The Balaban J connectivity index is 1.36. The average Bonchev–Trinajstić information content (AvgIpc) is 3.23. The average molecular weight is 519 g/mol. The molecule has 0 fully saturated rings. The van der Waals surface area contributed by atoms with Crippen LogP contribution in [-0.2, 0) is 0 Å². The molecular formula is C36H25NOP+. The fourth-order valence-corrected chi connectivity index (χ4v) is 8.64. The standard InChI is InChI=1S/C36H25NOP/c1-37-27-10-7-9-26(23-27)24-17-19-25(20-18-24)28-21-22-31(30-12-4-3-11-29(28)30)33-14-8-15-34-32-13-5-6-16-35(32)39(2,38)36(33)34/h3-23,38H,2H3/q+1. The van der Waals surface area contributed by atoms with Gasteiger partial charge >= 0.3 is 0 Å². The maximum Gasteiger partial charge on any atom is 0.205 e. The van der Waals surface area contributed by atoms with Crippen molar-refractivity contribution in [3.8, 4) is 44.5 Å². The van der Waals surface area contributed by atoms with E-state index in [0.717, 1.165) is 49.6 Å². The van der Waals surface area contributed by atoms with Crippen LogP contribution in [0.25, 0.3) is 60.1 Å². The van der Waals surface area contributed by atoms with E-state index < -0.39 is 7.49 Å². The van der Waals surface area contributed by atoms with Crippen LogP contribution < -0.4 is 10.6 Å². The Morgan fingerprint density at radius 3 is 1.90 bits per heavy atom. The van der Waals surface area contributed by atoms with Gasteiger partial charge in [-0.25, -0.2) is 9.74 Å². The van der Waals surface area contributed by atoms with Crippen LogP contribution in [0.2, 0.25) is 0 Å². The second-order valence-corrected chi connectivity index (χ2v) is 13.0. The van der Waals surface area contributed by atoms with E-state index in [1.807, 2.05) is 37.0 Å². The van der Waals surface area contributed by atoms with Gasteiger partial charge in [-0.15, -0.1) is 0 Å². The third kappa shape index (κ3) is 3.71. The summed E-state index contributed by atoms with van der Waals surface area (Å²) >= 11 is 0. The molecule has 1 aliphatic rings. The molecule has 1 unspecified atom stereocenters. The lowest BCUT2D eigenvalue weighted by atomic mass is 9.90. The molecular weight excluding hydrogens is 493 g/mol. The lowest BCUT2D eigenvalue weighted by Crippen LogP contribution is -2.17. The summed E-state index contributed by atoms with van der Waals surface area (Å²) in [6.45, 7) is 9.34. The summed E-state index contributed by atoms with van der Waals surface area (Å²) in [6.07, 6.45) is 0. The van der Waals surface area contributed by atoms with Gasteiger partial charge in [-0.2, -0.15) is 0 Å². The highest BCUT2D eigenvalue weighted by Gasteiger charge is 2.48. The molecule has 0 aliphatic carbocycles. The van der Waals surface area contributed by atoms with Crippen molar-refractivity contribution < 1.29 is 4.89 Å². The summed E-state index contributed by atoms with van der Waals surface area (Å²) in [5.74, 6) is 0. The quantitative estimate of drug-likeness (QED) is 0.184. The summed E-state index contributed by atoms with van der Waals surface area (Å²) in [6, 6.07) is 44.0. The van der Waals surface area contributed by atoms with Gasteiger partial charge in [0.2, 0.25) is 7.49 Å². The number of benzene rings is 6. The van der Waals surface area contributed by atoms with Crippen molar-refractivity contribution in [1.29, 1.82) is 0 Å². The zero-order valence-electron chi connectivity index (χ0n) is 21.5. The van der Waals surface area contributed by atoms with Crippen LogP contribution >= 0.6 is 7.49 Å². The van der Waals surface area contributed by atoms with Crippen molar-refractivity contribution in [3.05, 3.63) is 139 Å². The topological polar surface area (TPSA) is 24.6 Å². The highest BCUT2D eigenvalue weighted by atomic mass is 31.2. The predicted octanol–water partition coefficient (Wildman–Crippen LogP) is 8.88. The van der Waals surface area contributed by atoms with E-state index in [1.54, 1.807) is 0 Å². The van der Waals surface area contributed by atoms with Crippen LogP contribution in [0.5, 0.6) is 0 Å². The summed E-state index contributed by atoms with van der Waals surface area (Å²) in [4.78, 5) is 15.5. The van der Waals surface area contributed by atoms with Gasteiger partial charge in [-0.3, -0.25) is 0 Å². The van der Waals surface area contributed by atoms with Crippen LogP contribution in [-0.4, -0.2) is 11.6 Å². The van der Waals surface area contributed by atoms with Gasteiger partial charge in [-0.1, -0.05) is 115 Å². The van der Waals surface area contributed by atoms with Gasteiger partial charge in [0.1, 0.15) is 10.6 Å². The van der Waals surface area contributed by atoms with E-state index in [0.29, 0.717) is 5.69 Å². The molecule has 0 amide bonds. The Morgan fingerprint density at radius 2 is 1.13 bits per heavy atom. The Labute approximate surface area is 229 Å². The van der Waals surface area contributed by atoms with Gasteiger partial charge in [0.15, 0.2) is 5.69 Å². The number of hydrogen-bond acceptors (Lipinski definition) is 1. The summed E-state index contributed by atoms with van der Waals surface area (Å²) < 4.78 is 0. The Kier molecular flexibility index (Phi) is 5.46. The smallest absolute Gasteiger partial charge is 0.205 e. The summed E-state index contributed by atoms with van der Waals surface area (Å²) in [7, 11) is -2.48. The number of rotatable bonds is 3. The van der Waals surface area contributed by atoms with E-state index in [-0.39, 0.29) is 0 Å². The molecule has 1 heterocycles. The number of fused-ring (bicyclic) bond motifs is 4. The minimum Gasteiger partial charge on any atom is -0.241 e. The molecule has 1 aliphatic heterocycles. The first-order chi connectivity index (χ1) is 19.1. The third-order valence-corrected chi connectivity index (χ3v) is 10.5. The highest BCUT2D eigenvalue weighted by Crippen LogP contribution is 2.59. The van der Waals surface area contributed by atoms with Crippen molar-refractivity contribution >= 4 is 34.6 Å². The summed E-state index contributed by atoms with van der Waals surface area (Å²) in [5.41, 5.74) is 9.66. The molecule has 7 rings (SSSR count). The Morgan fingerprint density at radius 1 is 0.538 bits per heavy atom. The molecule has 6 aromatic carbocycles. The van der Waals surface area contributed by atoms with E-state index in [1.165, 1.54) is 16.3 Å². The molecule has 0 saturated heterocycles. The Bertz CT molecular complexity index is 1950. The van der Waals surface area contributed by atoms with E-state index in [2.05, 4.69) is 102 Å². The van der Waals surface area contributed by atoms with Gasteiger partial charge in [0.25, 0.3) is 0 Å². The van der Waals surface area contributed by atoms with Crippen LogP contribution in [0.1, 0.15) is 0 Å². The van der Waals surface area contributed by atoms with Crippen molar-refractivity contribution in [2.75, 3.05) is 6.66 Å². The molecule has 3 heteroatoms. The first-order valence-corrected chi connectivity index (χ1v) is 15.2. The van der Waals surface area contributed by atoms with Gasteiger partial charge < -0.3 is 0 Å². The van der Waals surface area contributed by atoms with Crippen molar-refractivity contribution in [1.82, 2.24) is 0 Å². The first kappa shape index (κ1) is 23.6. The lowest BCUT2D eigenvalue weighted by Gasteiger charge is -2.17.